The average molecular weight is 378 g/mol. The van der Waals surface area contributed by atoms with Gasteiger partial charge in [0.2, 0.25) is 5.91 Å². The van der Waals surface area contributed by atoms with Crippen molar-refractivity contribution in [2.45, 2.75) is 50.9 Å². The zero-order valence-corrected chi connectivity index (χ0v) is 18.6. The molecule has 1 aliphatic heterocycles. The maximum Gasteiger partial charge on any atom is 0.219 e. The molecule has 1 aromatic rings. The Morgan fingerprint density at radius 2 is 1.64 bits per heavy atom. The number of carbonyl (C=O) groups excluding carboxylic acids is 1. The number of nitrogen functional groups attached to an aromatic ring is 1. The Balaban J connectivity index is 1.93. The fourth-order valence-corrected chi connectivity index (χ4v) is 17.2. The highest BCUT2D eigenvalue weighted by molar-refractivity contribution is 6.95. The van der Waals surface area contributed by atoms with E-state index in [0.717, 1.165) is 44.3 Å². The van der Waals surface area contributed by atoms with Crippen LogP contribution in [0.2, 0.25) is 44.4 Å². The molecule has 0 saturated carbocycles. The van der Waals surface area contributed by atoms with Gasteiger partial charge in [-0.25, -0.2) is 0 Å². The summed E-state index contributed by atoms with van der Waals surface area (Å²) in [5.74, 6) is 0.383. The second-order valence-electron chi connectivity index (χ2n) is 9.39. The van der Waals surface area contributed by atoms with Gasteiger partial charge in [-0.15, -0.1) is 0 Å². The van der Waals surface area contributed by atoms with Gasteiger partial charge in [0.15, 0.2) is 0 Å². The third-order valence-electron chi connectivity index (χ3n) is 4.75. The zero-order chi connectivity index (χ0) is 18.7. The van der Waals surface area contributed by atoms with Crippen molar-refractivity contribution in [1.82, 2.24) is 4.90 Å². The first-order chi connectivity index (χ1) is 11.6. The van der Waals surface area contributed by atoms with Crippen molar-refractivity contribution in [2.24, 2.45) is 0 Å². The Labute approximate surface area is 155 Å². The number of hydrogen-bond donors (Lipinski definition) is 1. The van der Waals surface area contributed by atoms with Crippen LogP contribution in [0.4, 0.5) is 11.4 Å². The topological polar surface area (TPSA) is 49.6 Å². The van der Waals surface area contributed by atoms with Crippen molar-refractivity contribution in [3.63, 3.8) is 0 Å². The summed E-state index contributed by atoms with van der Waals surface area (Å²) < 4.78 is 0. The fraction of sp³-hybridized carbons (Fsp3) is 0.632. The van der Waals surface area contributed by atoms with E-state index in [9.17, 15) is 4.79 Å². The largest absolute Gasteiger partial charge is 0.399 e. The van der Waals surface area contributed by atoms with Crippen molar-refractivity contribution < 1.29 is 4.79 Å². The number of hydrogen-bond acceptors (Lipinski definition) is 3. The van der Waals surface area contributed by atoms with Gasteiger partial charge in [-0.2, -0.15) is 0 Å². The lowest BCUT2D eigenvalue weighted by Gasteiger charge is -2.31. The molecule has 25 heavy (non-hydrogen) atoms. The first kappa shape index (κ1) is 20.0. The molecule has 4 nitrogen and oxygen atoms in total. The predicted octanol–water partition coefficient (Wildman–Crippen LogP) is 3.89. The van der Waals surface area contributed by atoms with Gasteiger partial charge < -0.3 is 15.5 Å². The first-order valence-corrected chi connectivity index (χ1v) is 16.6. The minimum atomic E-state index is -1.45. The maximum absolute atomic E-state index is 12.9. The Hall–Kier alpha value is -1.28. The highest BCUT2D eigenvalue weighted by Gasteiger charge is 2.32. The number of carbonyl (C=O) groups is 1. The van der Waals surface area contributed by atoms with E-state index >= 15 is 0 Å². The second-order valence-corrected chi connectivity index (χ2v) is 20.6. The van der Waals surface area contributed by atoms with Crippen LogP contribution in [0.3, 0.4) is 0 Å². The molecule has 140 valence electrons. The minimum Gasteiger partial charge on any atom is -0.399 e. The molecular formula is C19H35N3OSi2. The van der Waals surface area contributed by atoms with E-state index in [0.29, 0.717) is 5.91 Å². The molecule has 0 bridgehead atoms. The van der Waals surface area contributed by atoms with Crippen molar-refractivity contribution in [1.29, 1.82) is 0 Å². The lowest BCUT2D eigenvalue weighted by Crippen LogP contribution is -2.43. The number of benzene rings is 1. The highest BCUT2D eigenvalue weighted by Crippen LogP contribution is 2.25. The SMILES string of the molecule is C[Si](C)(C)C[Si](C)(C)CC(=O)N1CCCN(c2ccc(N)cc2)CC1. The normalized spacial score (nSPS) is 16.7. The summed E-state index contributed by atoms with van der Waals surface area (Å²) in [6.07, 6.45) is 1.03. The summed E-state index contributed by atoms with van der Waals surface area (Å²) in [6.45, 7) is 15.7. The smallest absolute Gasteiger partial charge is 0.219 e. The van der Waals surface area contributed by atoms with E-state index in [2.05, 4.69) is 54.7 Å². The molecule has 0 atom stereocenters. The molecule has 0 aromatic heterocycles. The van der Waals surface area contributed by atoms with Crippen LogP contribution in [0.25, 0.3) is 0 Å². The second kappa shape index (κ2) is 7.95. The molecule has 1 heterocycles. The van der Waals surface area contributed by atoms with Crippen LogP contribution in [0.15, 0.2) is 24.3 Å². The Morgan fingerprint density at radius 1 is 1.00 bits per heavy atom. The van der Waals surface area contributed by atoms with Crippen LogP contribution < -0.4 is 10.6 Å². The summed E-state index contributed by atoms with van der Waals surface area (Å²) in [5.41, 5.74) is 9.12. The third-order valence-corrected chi connectivity index (χ3v) is 14.1. The van der Waals surface area contributed by atoms with Gasteiger partial charge in [0.05, 0.1) is 8.07 Å². The summed E-state index contributed by atoms with van der Waals surface area (Å²) >= 11 is 0. The van der Waals surface area contributed by atoms with Crippen LogP contribution in [-0.2, 0) is 4.79 Å². The molecule has 0 radical (unpaired) electrons. The Bertz CT molecular complexity index is 581. The summed E-state index contributed by atoms with van der Waals surface area (Å²) in [5, 5.41) is 0. The Morgan fingerprint density at radius 3 is 2.24 bits per heavy atom. The van der Waals surface area contributed by atoms with Gasteiger partial charge in [0.1, 0.15) is 0 Å². The molecule has 6 heteroatoms. The van der Waals surface area contributed by atoms with Crippen molar-refractivity contribution in [3.8, 4) is 0 Å². The van der Waals surface area contributed by atoms with E-state index < -0.39 is 16.1 Å². The summed E-state index contributed by atoms with van der Waals surface area (Å²) in [4.78, 5) is 17.4. The van der Waals surface area contributed by atoms with Crippen LogP contribution in [-0.4, -0.2) is 53.1 Å². The lowest BCUT2D eigenvalue weighted by atomic mass is 10.2. The molecule has 0 aliphatic carbocycles. The van der Waals surface area contributed by atoms with Gasteiger partial charge in [0.25, 0.3) is 0 Å². The first-order valence-electron chi connectivity index (χ1n) is 9.44. The summed E-state index contributed by atoms with van der Waals surface area (Å²) in [7, 11) is -2.55. The van der Waals surface area contributed by atoms with Crippen molar-refractivity contribution in [2.75, 3.05) is 36.8 Å². The van der Waals surface area contributed by atoms with Gasteiger partial charge >= 0.3 is 0 Å². The van der Waals surface area contributed by atoms with Crippen molar-refractivity contribution in [3.05, 3.63) is 24.3 Å². The van der Waals surface area contributed by atoms with E-state index in [4.69, 9.17) is 5.73 Å². The number of rotatable bonds is 5. The highest BCUT2D eigenvalue weighted by atomic mass is 28.4. The van der Waals surface area contributed by atoms with E-state index in [1.807, 2.05) is 12.1 Å². The number of nitrogens with two attached hydrogens (primary N) is 1. The molecule has 0 spiro atoms. The average Bonchev–Trinajstić information content (AvgIpc) is 2.71. The Kier molecular flexibility index (Phi) is 6.37. The van der Waals surface area contributed by atoms with Crippen LogP contribution in [0.1, 0.15) is 6.42 Å². The molecule has 1 aromatic carbocycles. The molecule has 1 amide bonds. The molecule has 1 saturated heterocycles. The van der Waals surface area contributed by atoms with Crippen molar-refractivity contribution >= 4 is 33.4 Å². The predicted molar refractivity (Wildman–Crippen MR) is 115 cm³/mol. The molecule has 1 aliphatic rings. The summed E-state index contributed by atoms with van der Waals surface area (Å²) in [6, 6.07) is 8.87. The molecule has 2 rings (SSSR count). The van der Waals surface area contributed by atoms with Gasteiger partial charge in [-0.3, -0.25) is 4.79 Å². The van der Waals surface area contributed by atoms with E-state index in [1.165, 1.54) is 11.4 Å². The van der Waals surface area contributed by atoms with Crippen LogP contribution >= 0.6 is 0 Å². The number of amides is 1. The molecule has 0 unspecified atom stereocenters. The zero-order valence-electron chi connectivity index (χ0n) is 16.6. The quantitative estimate of drug-likeness (QED) is 0.625. The molecule has 1 fully saturated rings. The van der Waals surface area contributed by atoms with E-state index in [-0.39, 0.29) is 0 Å². The lowest BCUT2D eigenvalue weighted by molar-refractivity contribution is -0.128. The minimum absolute atomic E-state index is 0.383. The van der Waals surface area contributed by atoms with Gasteiger partial charge in [0, 0.05) is 51.7 Å². The standard InChI is InChI=1S/C19H35N3OSi2/c1-24(2,3)16-25(4,5)15-19(23)22-12-6-11-21(13-14-22)18-9-7-17(20)8-10-18/h7-10H,6,11-16,20H2,1-5H3. The monoisotopic (exact) mass is 377 g/mol. The number of anilines is 2. The van der Waals surface area contributed by atoms with Gasteiger partial charge in [-0.05, 0) is 30.7 Å². The molecular weight excluding hydrogens is 342 g/mol. The third kappa shape index (κ3) is 6.51. The van der Waals surface area contributed by atoms with Crippen LogP contribution in [0, 0.1) is 0 Å². The fourth-order valence-electron chi connectivity index (χ4n) is 4.13. The van der Waals surface area contributed by atoms with Gasteiger partial charge in [-0.1, -0.05) is 38.4 Å². The van der Waals surface area contributed by atoms with Crippen LogP contribution in [0.5, 0.6) is 0 Å². The van der Waals surface area contributed by atoms with E-state index in [1.54, 1.807) is 0 Å². The number of nitrogens with zero attached hydrogens (tertiary/aromatic N) is 2. The maximum atomic E-state index is 12.9. The molecule has 2 N–H and O–H groups in total.